The number of rotatable bonds is 6. The molecule has 0 saturated carbocycles. The van der Waals surface area contributed by atoms with Crippen molar-refractivity contribution in [1.82, 2.24) is 10.3 Å². The van der Waals surface area contributed by atoms with Crippen molar-refractivity contribution in [3.8, 4) is 0 Å². The normalized spacial score (nSPS) is 17.0. The molecule has 2 N–H and O–H groups in total. The highest BCUT2D eigenvalue weighted by Crippen LogP contribution is 2.27. The Balaban J connectivity index is 1.55. The second-order valence-corrected chi connectivity index (χ2v) is 6.98. The van der Waals surface area contributed by atoms with Gasteiger partial charge in [0, 0.05) is 43.0 Å². The molecule has 0 aliphatic carbocycles. The molecule has 4 nitrogen and oxygen atoms in total. The highest BCUT2D eigenvalue weighted by Gasteiger charge is 2.24. The Morgan fingerprint density at radius 1 is 1.21 bits per heavy atom. The fraction of sp³-hybridized carbons (Fsp3) is 0.421. The zero-order chi connectivity index (χ0) is 17.0. The van der Waals surface area contributed by atoms with Crippen LogP contribution >= 0.6 is 11.6 Å². The van der Waals surface area contributed by atoms with E-state index in [0.29, 0.717) is 18.1 Å². The summed E-state index contributed by atoms with van der Waals surface area (Å²) in [6, 6.07) is 11.6. The lowest BCUT2D eigenvalue weighted by Gasteiger charge is -2.25. The predicted octanol–water partition coefficient (Wildman–Crippen LogP) is 3.33. The minimum Gasteiger partial charge on any atom is -0.384 e. The molecular weight excluding hydrogens is 322 g/mol. The zero-order valence-electron chi connectivity index (χ0n) is 14.0. The quantitative estimate of drug-likeness (QED) is 0.843. The molecule has 1 aliphatic heterocycles. The van der Waals surface area contributed by atoms with Crippen LogP contribution in [0.3, 0.4) is 0 Å². The van der Waals surface area contributed by atoms with E-state index in [1.54, 1.807) is 13.0 Å². The summed E-state index contributed by atoms with van der Waals surface area (Å²) in [5.74, 6) is 1.05. The Morgan fingerprint density at radius 3 is 2.62 bits per heavy atom. The van der Waals surface area contributed by atoms with Gasteiger partial charge in [-0.2, -0.15) is 0 Å². The van der Waals surface area contributed by atoms with E-state index >= 15 is 0 Å². The van der Waals surface area contributed by atoms with Crippen LogP contribution in [0.25, 0.3) is 0 Å². The molecule has 2 heterocycles. The molecule has 1 aliphatic rings. The first-order valence-electron chi connectivity index (χ1n) is 8.44. The molecule has 128 valence electrons. The summed E-state index contributed by atoms with van der Waals surface area (Å²) in [5.41, 5.74) is 0.830. The van der Waals surface area contributed by atoms with Gasteiger partial charge in [-0.3, -0.25) is 0 Å². The van der Waals surface area contributed by atoms with Crippen LogP contribution in [-0.2, 0) is 12.1 Å². The Labute approximate surface area is 148 Å². The largest absolute Gasteiger partial charge is 0.384 e. The maximum absolute atomic E-state index is 10.7. The molecule has 1 aromatic heterocycles. The second-order valence-electron chi connectivity index (χ2n) is 6.58. The number of pyridine rings is 1. The van der Waals surface area contributed by atoms with Gasteiger partial charge in [0.1, 0.15) is 11.4 Å². The topological polar surface area (TPSA) is 48.4 Å². The van der Waals surface area contributed by atoms with Crippen molar-refractivity contribution in [1.29, 1.82) is 0 Å². The monoisotopic (exact) mass is 345 g/mol. The van der Waals surface area contributed by atoms with E-state index in [1.807, 2.05) is 24.4 Å². The molecule has 0 spiro atoms. The van der Waals surface area contributed by atoms with Gasteiger partial charge in [-0.15, -0.1) is 0 Å². The van der Waals surface area contributed by atoms with Crippen LogP contribution in [0.5, 0.6) is 0 Å². The number of nitrogens with one attached hydrogen (secondary N) is 1. The maximum atomic E-state index is 10.7. The third-order valence-electron chi connectivity index (χ3n) is 4.49. The van der Waals surface area contributed by atoms with E-state index in [9.17, 15) is 5.11 Å². The molecule has 5 heteroatoms. The highest BCUT2D eigenvalue weighted by molar-refractivity contribution is 6.31. The smallest absolute Gasteiger partial charge is 0.128 e. The van der Waals surface area contributed by atoms with Crippen molar-refractivity contribution < 1.29 is 5.11 Å². The molecule has 1 unspecified atom stereocenters. The van der Waals surface area contributed by atoms with E-state index in [-0.39, 0.29) is 0 Å². The lowest BCUT2D eigenvalue weighted by atomic mass is 9.96. The molecule has 3 rings (SSSR count). The Hall–Kier alpha value is -1.62. The van der Waals surface area contributed by atoms with Crippen molar-refractivity contribution in [2.24, 2.45) is 0 Å². The van der Waals surface area contributed by atoms with Crippen molar-refractivity contribution in [2.45, 2.75) is 31.9 Å². The van der Waals surface area contributed by atoms with Crippen molar-refractivity contribution in [3.63, 3.8) is 0 Å². The first kappa shape index (κ1) is 17.2. The van der Waals surface area contributed by atoms with Crippen molar-refractivity contribution in [3.05, 3.63) is 58.7 Å². The summed E-state index contributed by atoms with van der Waals surface area (Å²) in [5, 5.41) is 14.5. The predicted molar refractivity (Wildman–Crippen MR) is 98.4 cm³/mol. The van der Waals surface area contributed by atoms with Crippen molar-refractivity contribution in [2.75, 3.05) is 24.5 Å². The number of aromatic nitrogens is 1. The fourth-order valence-corrected chi connectivity index (χ4v) is 3.44. The number of hydrogen-bond donors (Lipinski definition) is 2. The van der Waals surface area contributed by atoms with E-state index < -0.39 is 5.60 Å². The average Bonchev–Trinajstić information content (AvgIpc) is 3.10. The number of benzene rings is 1. The van der Waals surface area contributed by atoms with Gasteiger partial charge in [0.05, 0.1) is 0 Å². The third-order valence-corrected chi connectivity index (χ3v) is 4.82. The van der Waals surface area contributed by atoms with Gasteiger partial charge < -0.3 is 15.3 Å². The van der Waals surface area contributed by atoms with Gasteiger partial charge in [-0.05, 0) is 37.5 Å². The molecule has 0 amide bonds. The molecule has 1 aromatic carbocycles. The van der Waals surface area contributed by atoms with Gasteiger partial charge in [0.2, 0.25) is 0 Å². The zero-order valence-corrected chi connectivity index (χ0v) is 14.8. The Morgan fingerprint density at radius 2 is 1.96 bits per heavy atom. The van der Waals surface area contributed by atoms with E-state index in [2.05, 4.69) is 27.3 Å². The SMILES string of the molecule is CC(O)(CNCc1ccc(N2CCCC2)nc1)c1ccccc1Cl. The average molecular weight is 346 g/mol. The first-order valence-corrected chi connectivity index (χ1v) is 8.82. The van der Waals surface area contributed by atoms with Crippen LogP contribution in [0.4, 0.5) is 5.82 Å². The number of nitrogens with zero attached hydrogens (tertiary/aromatic N) is 2. The van der Waals surface area contributed by atoms with Gasteiger partial charge in [-0.1, -0.05) is 35.9 Å². The molecule has 1 fully saturated rings. The number of aliphatic hydroxyl groups is 1. The Bertz CT molecular complexity index is 667. The molecule has 0 radical (unpaired) electrons. The summed E-state index contributed by atoms with van der Waals surface area (Å²) in [6.07, 6.45) is 4.41. The molecular formula is C19H24ClN3O. The van der Waals surface area contributed by atoms with Crippen LogP contribution in [0.15, 0.2) is 42.6 Å². The number of hydrogen-bond acceptors (Lipinski definition) is 4. The first-order chi connectivity index (χ1) is 11.6. The highest BCUT2D eigenvalue weighted by atomic mass is 35.5. The minimum atomic E-state index is -1.01. The van der Waals surface area contributed by atoms with E-state index in [0.717, 1.165) is 30.0 Å². The summed E-state index contributed by atoms with van der Waals surface area (Å²) in [7, 11) is 0. The van der Waals surface area contributed by atoms with Crippen LogP contribution < -0.4 is 10.2 Å². The Kier molecular flexibility index (Phi) is 5.39. The van der Waals surface area contributed by atoms with Crippen LogP contribution in [0.2, 0.25) is 5.02 Å². The molecule has 1 atom stereocenters. The van der Waals surface area contributed by atoms with Gasteiger partial charge in [0.15, 0.2) is 0 Å². The standard InChI is InChI=1S/C19H24ClN3O/c1-19(24,16-6-2-3-7-17(16)20)14-21-12-15-8-9-18(22-13-15)23-10-4-5-11-23/h2-3,6-9,13,21,24H,4-5,10-12,14H2,1H3. The second kappa shape index (κ2) is 7.51. The summed E-state index contributed by atoms with van der Waals surface area (Å²) in [6.45, 7) is 5.06. The fourth-order valence-electron chi connectivity index (χ4n) is 3.10. The summed E-state index contributed by atoms with van der Waals surface area (Å²) < 4.78 is 0. The summed E-state index contributed by atoms with van der Waals surface area (Å²) >= 11 is 6.18. The number of anilines is 1. The molecule has 0 bridgehead atoms. The lowest BCUT2D eigenvalue weighted by Crippen LogP contribution is -2.35. The van der Waals surface area contributed by atoms with Gasteiger partial charge in [0.25, 0.3) is 0 Å². The molecule has 2 aromatic rings. The molecule has 24 heavy (non-hydrogen) atoms. The number of halogens is 1. The minimum absolute atomic E-state index is 0.421. The van der Waals surface area contributed by atoms with Gasteiger partial charge >= 0.3 is 0 Å². The van der Waals surface area contributed by atoms with E-state index in [1.165, 1.54) is 12.8 Å². The lowest BCUT2D eigenvalue weighted by molar-refractivity contribution is 0.0568. The summed E-state index contributed by atoms with van der Waals surface area (Å²) in [4.78, 5) is 6.87. The van der Waals surface area contributed by atoms with Crippen LogP contribution in [0.1, 0.15) is 30.9 Å². The van der Waals surface area contributed by atoms with Crippen molar-refractivity contribution >= 4 is 17.4 Å². The van der Waals surface area contributed by atoms with Gasteiger partial charge in [-0.25, -0.2) is 4.98 Å². The van der Waals surface area contributed by atoms with Crippen LogP contribution in [-0.4, -0.2) is 29.7 Å². The van der Waals surface area contributed by atoms with Crippen LogP contribution in [0, 0.1) is 0 Å². The maximum Gasteiger partial charge on any atom is 0.128 e. The van der Waals surface area contributed by atoms with E-state index in [4.69, 9.17) is 11.6 Å². The third kappa shape index (κ3) is 4.07. The molecule has 1 saturated heterocycles.